The van der Waals surface area contributed by atoms with E-state index >= 15 is 0 Å². The Labute approximate surface area is 156 Å². The molecule has 6 nitrogen and oxygen atoms in total. The second kappa shape index (κ2) is 6.84. The van der Waals surface area contributed by atoms with E-state index in [1.54, 1.807) is 0 Å². The van der Waals surface area contributed by atoms with Gasteiger partial charge in [-0.1, -0.05) is 12.1 Å². The lowest BCUT2D eigenvalue weighted by Gasteiger charge is -2.19. The molecule has 0 saturated heterocycles. The molecule has 1 aliphatic heterocycles. The Balaban J connectivity index is 1.63. The van der Waals surface area contributed by atoms with E-state index in [0.717, 1.165) is 28.3 Å². The number of ether oxygens (including phenoxy) is 3. The molecule has 1 N–H and O–H groups in total. The van der Waals surface area contributed by atoms with Crippen LogP contribution in [0.5, 0.6) is 17.2 Å². The van der Waals surface area contributed by atoms with Crippen LogP contribution in [0.2, 0.25) is 0 Å². The Hall–Kier alpha value is -2.80. The lowest BCUT2D eigenvalue weighted by molar-refractivity contribution is 0.171. The third kappa shape index (κ3) is 3.17. The van der Waals surface area contributed by atoms with Crippen LogP contribution in [-0.2, 0) is 6.61 Å². The largest absolute Gasteiger partial charge is 0.486 e. The molecule has 134 valence electrons. The SMILES string of the molecule is Cc1ccc(C)c(OCc2n[nH]c(=S)n2-c2ccc3c(c2)OCCO3)c1. The molecule has 1 aromatic heterocycles. The van der Waals surface area contributed by atoms with Gasteiger partial charge in [0.1, 0.15) is 25.6 Å². The first-order chi connectivity index (χ1) is 12.6. The maximum Gasteiger partial charge on any atom is 0.199 e. The third-order valence-electron chi connectivity index (χ3n) is 4.23. The zero-order valence-electron chi connectivity index (χ0n) is 14.6. The highest BCUT2D eigenvalue weighted by atomic mass is 32.1. The van der Waals surface area contributed by atoms with Crippen LogP contribution in [0.3, 0.4) is 0 Å². The van der Waals surface area contributed by atoms with Crippen molar-refractivity contribution in [2.24, 2.45) is 0 Å². The van der Waals surface area contributed by atoms with Crippen LogP contribution in [-0.4, -0.2) is 28.0 Å². The summed E-state index contributed by atoms with van der Waals surface area (Å²) in [6.45, 7) is 5.46. The molecule has 2 aromatic carbocycles. The second-order valence-corrected chi connectivity index (χ2v) is 6.55. The molecule has 0 fully saturated rings. The summed E-state index contributed by atoms with van der Waals surface area (Å²) in [5.74, 6) is 2.97. The standard InChI is InChI=1S/C19H19N3O3S/c1-12-3-4-13(2)16(9-12)25-11-18-20-21-19(26)22(18)14-5-6-15-17(10-14)24-8-7-23-15/h3-6,9-10H,7-8,11H2,1-2H3,(H,21,26). The number of aromatic amines is 1. The minimum atomic E-state index is 0.297. The first-order valence-electron chi connectivity index (χ1n) is 8.38. The number of nitrogens with zero attached hydrogens (tertiary/aromatic N) is 2. The van der Waals surface area contributed by atoms with Crippen molar-refractivity contribution in [1.29, 1.82) is 0 Å². The molecule has 7 heteroatoms. The van der Waals surface area contributed by atoms with E-state index in [1.807, 2.05) is 48.7 Å². The van der Waals surface area contributed by atoms with E-state index in [-0.39, 0.29) is 0 Å². The highest BCUT2D eigenvalue weighted by molar-refractivity contribution is 7.71. The topological polar surface area (TPSA) is 61.3 Å². The Morgan fingerprint density at radius 2 is 1.92 bits per heavy atom. The fourth-order valence-electron chi connectivity index (χ4n) is 2.87. The fraction of sp³-hybridized carbons (Fsp3) is 0.263. The first kappa shape index (κ1) is 16.7. The van der Waals surface area contributed by atoms with Crippen LogP contribution in [0, 0.1) is 18.6 Å². The van der Waals surface area contributed by atoms with Gasteiger partial charge in [0.05, 0.1) is 5.69 Å². The molecule has 2 heterocycles. The zero-order valence-corrected chi connectivity index (χ0v) is 15.4. The molecule has 1 aliphatic rings. The van der Waals surface area contributed by atoms with Gasteiger partial charge in [0.25, 0.3) is 0 Å². The van der Waals surface area contributed by atoms with Crippen molar-refractivity contribution in [2.75, 3.05) is 13.2 Å². The van der Waals surface area contributed by atoms with Crippen LogP contribution in [0.15, 0.2) is 36.4 Å². The summed E-state index contributed by atoms with van der Waals surface area (Å²) in [7, 11) is 0. The Kier molecular flexibility index (Phi) is 4.38. The molecule has 3 aromatic rings. The number of rotatable bonds is 4. The van der Waals surface area contributed by atoms with E-state index in [0.29, 0.717) is 36.2 Å². The van der Waals surface area contributed by atoms with Gasteiger partial charge in [-0.2, -0.15) is 5.10 Å². The van der Waals surface area contributed by atoms with Crippen LogP contribution in [0.4, 0.5) is 0 Å². The molecular formula is C19H19N3O3S. The molecule has 0 atom stereocenters. The number of nitrogens with one attached hydrogen (secondary N) is 1. The average Bonchev–Trinajstić information content (AvgIpc) is 3.02. The second-order valence-electron chi connectivity index (χ2n) is 6.17. The number of fused-ring (bicyclic) bond motifs is 1. The molecule has 4 rings (SSSR count). The predicted octanol–water partition coefficient (Wildman–Crippen LogP) is 3.90. The summed E-state index contributed by atoms with van der Waals surface area (Å²) in [4.78, 5) is 0. The maximum atomic E-state index is 5.99. The van der Waals surface area contributed by atoms with Gasteiger partial charge >= 0.3 is 0 Å². The lowest BCUT2D eigenvalue weighted by Crippen LogP contribution is -2.15. The lowest BCUT2D eigenvalue weighted by atomic mass is 10.1. The average molecular weight is 369 g/mol. The van der Waals surface area contributed by atoms with E-state index in [4.69, 9.17) is 26.4 Å². The number of hydrogen-bond donors (Lipinski definition) is 1. The number of aryl methyl sites for hydroxylation is 2. The number of H-pyrrole nitrogens is 1. The summed E-state index contributed by atoms with van der Waals surface area (Å²) >= 11 is 5.40. The maximum absolute atomic E-state index is 5.99. The Morgan fingerprint density at radius 1 is 1.12 bits per heavy atom. The Bertz CT molecular complexity index is 1010. The van der Waals surface area contributed by atoms with E-state index in [2.05, 4.69) is 16.3 Å². The molecule has 0 amide bonds. The fourth-order valence-corrected chi connectivity index (χ4v) is 3.13. The van der Waals surface area contributed by atoms with Crippen LogP contribution in [0.1, 0.15) is 17.0 Å². The smallest absolute Gasteiger partial charge is 0.199 e. The summed E-state index contributed by atoms with van der Waals surface area (Å²) < 4.78 is 19.6. The van der Waals surface area contributed by atoms with Crippen molar-refractivity contribution >= 4 is 12.2 Å². The number of aromatic nitrogens is 3. The van der Waals surface area contributed by atoms with Crippen LogP contribution < -0.4 is 14.2 Å². The number of hydrogen-bond acceptors (Lipinski definition) is 5. The minimum Gasteiger partial charge on any atom is -0.486 e. The highest BCUT2D eigenvalue weighted by Crippen LogP contribution is 2.32. The monoisotopic (exact) mass is 369 g/mol. The molecule has 0 aliphatic carbocycles. The van der Waals surface area contributed by atoms with Gasteiger partial charge in [-0.3, -0.25) is 9.67 Å². The molecule has 0 bridgehead atoms. The van der Waals surface area contributed by atoms with Crippen molar-refractivity contribution in [2.45, 2.75) is 20.5 Å². The van der Waals surface area contributed by atoms with Crippen molar-refractivity contribution < 1.29 is 14.2 Å². The molecule has 0 saturated carbocycles. The van der Waals surface area contributed by atoms with Crippen molar-refractivity contribution in [1.82, 2.24) is 14.8 Å². The van der Waals surface area contributed by atoms with Crippen molar-refractivity contribution in [3.05, 3.63) is 58.1 Å². The van der Waals surface area contributed by atoms with E-state index < -0.39 is 0 Å². The summed E-state index contributed by atoms with van der Waals surface area (Å²) in [5, 5.41) is 7.16. The molecule has 0 radical (unpaired) electrons. The van der Waals surface area contributed by atoms with Crippen LogP contribution in [0.25, 0.3) is 5.69 Å². The third-order valence-corrected chi connectivity index (χ3v) is 4.50. The minimum absolute atomic E-state index is 0.297. The first-order valence-corrected chi connectivity index (χ1v) is 8.79. The van der Waals surface area contributed by atoms with Gasteiger partial charge in [-0.15, -0.1) is 0 Å². The molecule has 0 unspecified atom stereocenters. The van der Waals surface area contributed by atoms with Gasteiger partial charge in [0.2, 0.25) is 0 Å². The van der Waals surface area contributed by atoms with Gasteiger partial charge in [-0.25, -0.2) is 0 Å². The van der Waals surface area contributed by atoms with Crippen molar-refractivity contribution in [3.8, 4) is 22.9 Å². The Morgan fingerprint density at radius 3 is 2.77 bits per heavy atom. The molecule has 0 spiro atoms. The zero-order chi connectivity index (χ0) is 18.1. The van der Waals surface area contributed by atoms with E-state index in [1.165, 1.54) is 0 Å². The van der Waals surface area contributed by atoms with Gasteiger partial charge in [0.15, 0.2) is 22.1 Å². The summed E-state index contributed by atoms with van der Waals surface area (Å²) in [6, 6.07) is 11.8. The molecule has 26 heavy (non-hydrogen) atoms. The predicted molar refractivity (Wildman–Crippen MR) is 100.0 cm³/mol. The van der Waals surface area contributed by atoms with Crippen LogP contribution >= 0.6 is 12.2 Å². The quantitative estimate of drug-likeness (QED) is 0.707. The number of benzene rings is 2. The highest BCUT2D eigenvalue weighted by Gasteiger charge is 2.15. The normalized spacial score (nSPS) is 12.8. The van der Waals surface area contributed by atoms with E-state index in [9.17, 15) is 0 Å². The summed E-state index contributed by atoms with van der Waals surface area (Å²) in [5.41, 5.74) is 3.08. The molecular weight excluding hydrogens is 350 g/mol. The van der Waals surface area contributed by atoms with Gasteiger partial charge < -0.3 is 14.2 Å². The van der Waals surface area contributed by atoms with Crippen molar-refractivity contribution in [3.63, 3.8) is 0 Å². The summed E-state index contributed by atoms with van der Waals surface area (Å²) in [6.07, 6.45) is 0. The van der Waals surface area contributed by atoms with Gasteiger partial charge in [-0.05, 0) is 55.4 Å². The van der Waals surface area contributed by atoms with Gasteiger partial charge in [0, 0.05) is 6.07 Å².